The number of amides is 1. The van der Waals surface area contributed by atoms with Gasteiger partial charge in [-0.05, 0) is 42.8 Å². The molecule has 0 radical (unpaired) electrons. The van der Waals surface area contributed by atoms with Gasteiger partial charge in [0.2, 0.25) is 5.91 Å². The molecule has 2 heterocycles. The quantitative estimate of drug-likeness (QED) is 0.505. The van der Waals surface area contributed by atoms with Crippen LogP contribution < -0.4 is 5.32 Å². The van der Waals surface area contributed by atoms with Crippen molar-refractivity contribution in [3.05, 3.63) is 96.2 Å². The number of fused-ring (bicyclic) bond motifs is 1. The number of rotatable bonds is 6. The van der Waals surface area contributed by atoms with Crippen LogP contribution in [-0.2, 0) is 11.3 Å². The minimum Gasteiger partial charge on any atom is -0.465 e. The molecule has 2 aromatic heterocycles. The molecule has 0 aliphatic carbocycles. The zero-order valence-corrected chi connectivity index (χ0v) is 15.6. The van der Waals surface area contributed by atoms with Crippen LogP contribution in [0.2, 0.25) is 0 Å². The second-order valence-corrected chi connectivity index (χ2v) is 6.61. The van der Waals surface area contributed by atoms with Crippen molar-refractivity contribution in [1.29, 1.82) is 0 Å². The standard InChI is InChI=1S/C23H21N3O2/c1-17(24-22(27)14-13-19-10-7-15-28-19)23-25-20-11-5-6-12-21(20)26(23)16-18-8-3-2-4-9-18/h2-15,17H,16H2,1H3,(H,24,27)/b14-13-/t17-/m1/s1. The highest BCUT2D eigenvalue weighted by Gasteiger charge is 2.18. The molecule has 1 N–H and O–H groups in total. The van der Waals surface area contributed by atoms with Crippen molar-refractivity contribution in [3.8, 4) is 0 Å². The predicted octanol–water partition coefficient (Wildman–Crippen LogP) is 4.57. The summed E-state index contributed by atoms with van der Waals surface area (Å²) in [6.07, 6.45) is 4.70. The smallest absolute Gasteiger partial charge is 0.244 e. The largest absolute Gasteiger partial charge is 0.465 e. The summed E-state index contributed by atoms with van der Waals surface area (Å²) >= 11 is 0. The number of hydrogen-bond acceptors (Lipinski definition) is 3. The molecule has 0 saturated heterocycles. The molecule has 140 valence electrons. The normalized spacial score (nSPS) is 12.5. The van der Waals surface area contributed by atoms with Gasteiger partial charge in [0.05, 0.1) is 23.3 Å². The SMILES string of the molecule is C[C@@H](NC(=O)/C=C\c1ccco1)c1nc2ccccc2n1Cc1ccccc1. The molecular formula is C23H21N3O2. The van der Waals surface area contributed by atoms with E-state index in [-0.39, 0.29) is 11.9 Å². The van der Waals surface area contributed by atoms with Gasteiger partial charge in [0, 0.05) is 12.6 Å². The summed E-state index contributed by atoms with van der Waals surface area (Å²) in [4.78, 5) is 17.1. The van der Waals surface area contributed by atoms with E-state index < -0.39 is 0 Å². The van der Waals surface area contributed by atoms with Gasteiger partial charge in [-0.2, -0.15) is 0 Å². The highest BCUT2D eigenvalue weighted by molar-refractivity contribution is 5.91. The Balaban J connectivity index is 1.60. The first-order chi connectivity index (χ1) is 13.7. The number of carbonyl (C=O) groups is 1. The van der Waals surface area contributed by atoms with Crippen molar-refractivity contribution in [2.45, 2.75) is 19.5 Å². The Labute approximate surface area is 163 Å². The number of benzene rings is 2. The maximum absolute atomic E-state index is 12.3. The molecule has 0 spiro atoms. The fourth-order valence-corrected chi connectivity index (χ4v) is 3.23. The summed E-state index contributed by atoms with van der Waals surface area (Å²) in [6, 6.07) is 21.6. The number of hydrogen-bond donors (Lipinski definition) is 1. The number of carbonyl (C=O) groups excluding carboxylic acids is 1. The van der Waals surface area contributed by atoms with Gasteiger partial charge >= 0.3 is 0 Å². The summed E-state index contributed by atoms with van der Waals surface area (Å²) < 4.78 is 7.37. The number of nitrogens with zero attached hydrogens (tertiary/aromatic N) is 2. The molecular weight excluding hydrogens is 350 g/mol. The van der Waals surface area contributed by atoms with E-state index in [1.54, 1.807) is 24.5 Å². The number of para-hydroxylation sites is 2. The van der Waals surface area contributed by atoms with E-state index in [1.807, 2.05) is 43.3 Å². The topological polar surface area (TPSA) is 60.1 Å². The van der Waals surface area contributed by atoms with Crippen LogP contribution in [0.4, 0.5) is 0 Å². The van der Waals surface area contributed by atoms with Crippen molar-refractivity contribution in [2.24, 2.45) is 0 Å². The third kappa shape index (κ3) is 3.88. The number of imidazole rings is 1. The Morgan fingerprint density at radius 2 is 1.89 bits per heavy atom. The predicted molar refractivity (Wildman–Crippen MR) is 110 cm³/mol. The van der Waals surface area contributed by atoms with Crippen LogP contribution in [-0.4, -0.2) is 15.5 Å². The van der Waals surface area contributed by atoms with Crippen LogP contribution in [0.3, 0.4) is 0 Å². The van der Waals surface area contributed by atoms with Crippen molar-refractivity contribution < 1.29 is 9.21 Å². The van der Waals surface area contributed by atoms with Crippen molar-refractivity contribution in [2.75, 3.05) is 0 Å². The minimum atomic E-state index is -0.245. The van der Waals surface area contributed by atoms with Crippen molar-refractivity contribution in [1.82, 2.24) is 14.9 Å². The first-order valence-corrected chi connectivity index (χ1v) is 9.22. The second kappa shape index (κ2) is 7.96. The van der Waals surface area contributed by atoms with Crippen LogP contribution in [0.1, 0.15) is 30.1 Å². The Morgan fingerprint density at radius 1 is 1.11 bits per heavy atom. The first kappa shape index (κ1) is 17.8. The monoisotopic (exact) mass is 371 g/mol. The lowest BCUT2D eigenvalue weighted by molar-refractivity contribution is -0.117. The molecule has 4 rings (SSSR count). The van der Waals surface area contributed by atoms with Gasteiger partial charge in [-0.3, -0.25) is 4.79 Å². The summed E-state index contributed by atoms with van der Waals surface area (Å²) in [5, 5.41) is 3.00. The molecule has 0 aliphatic heterocycles. The maximum atomic E-state index is 12.3. The minimum absolute atomic E-state index is 0.192. The molecule has 0 unspecified atom stereocenters. The zero-order chi connectivity index (χ0) is 19.3. The Morgan fingerprint density at radius 3 is 2.68 bits per heavy atom. The molecule has 2 aromatic carbocycles. The lowest BCUT2D eigenvalue weighted by Gasteiger charge is -2.15. The summed E-state index contributed by atoms with van der Waals surface area (Å²) in [6.45, 7) is 2.64. The summed E-state index contributed by atoms with van der Waals surface area (Å²) in [5.41, 5.74) is 3.15. The Kier molecular flexibility index (Phi) is 5.06. The molecule has 1 atom stereocenters. The second-order valence-electron chi connectivity index (χ2n) is 6.61. The zero-order valence-electron chi connectivity index (χ0n) is 15.6. The Bertz CT molecular complexity index is 1100. The molecule has 0 aliphatic rings. The lowest BCUT2D eigenvalue weighted by atomic mass is 10.2. The van der Waals surface area contributed by atoms with Gasteiger partial charge in [0.25, 0.3) is 0 Å². The lowest BCUT2D eigenvalue weighted by Crippen LogP contribution is -2.27. The van der Waals surface area contributed by atoms with E-state index in [4.69, 9.17) is 9.40 Å². The van der Waals surface area contributed by atoms with Crippen LogP contribution in [0, 0.1) is 0 Å². The summed E-state index contributed by atoms with van der Waals surface area (Å²) in [5.74, 6) is 1.27. The van der Waals surface area contributed by atoms with E-state index in [1.165, 1.54) is 11.6 Å². The average Bonchev–Trinajstić information content (AvgIpc) is 3.36. The molecule has 28 heavy (non-hydrogen) atoms. The van der Waals surface area contributed by atoms with Crippen LogP contribution in [0.5, 0.6) is 0 Å². The van der Waals surface area contributed by atoms with E-state index in [0.29, 0.717) is 12.3 Å². The van der Waals surface area contributed by atoms with Crippen LogP contribution >= 0.6 is 0 Å². The van der Waals surface area contributed by atoms with Gasteiger partial charge in [-0.25, -0.2) is 4.98 Å². The molecule has 1 amide bonds. The van der Waals surface area contributed by atoms with Gasteiger partial charge in [-0.15, -0.1) is 0 Å². The third-order valence-corrected chi connectivity index (χ3v) is 4.56. The average molecular weight is 371 g/mol. The summed E-state index contributed by atoms with van der Waals surface area (Å²) in [7, 11) is 0. The van der Waals surface area contributed by atoms with E-state index in [0.717, 1.165) is 16.9 Å². The van der Waals surface area contributed by atoms with Gasteiger partial charge < -0.3 is 14.3 Å². The first-order valence-electron chi connectivity index (χ1n) is 9.22. The molecule has 0 saturated carbocycles. The van der Waals surface area contributed by atoms with E-state index >= 15 is 0 Å². The molecule has 5 nitrogen and oxygen atoms in total. The Hall–Kier alpha value is -3.60. The van der Waals surface area contributed by atoms with Gasteiger partial charge in [-0.1, -0.05) is 42.5 Å². The number of nitrogens with one attached hydrogen (secondary N) is 1. The molecule has 5 heteroatoms. The van der Waals surface area contributed by atoms with Crippen LogP contribution in [0.15, 0.2) is 83.5 Å². The van der Waals surface area contributed by atoms with Gasteiger partial charge in [0.1, 0.15) is 11.6 Å². The van der Waals surface area contributed by atoms with E-state index in [9.17, 15) is 4.79 Å². The highest BCUT2D eigenvalue weighted by Crippen LogP contribution is 2.22. The number of furan rings is 1. The highest BCUT2D eigenvalue weighted by atomic mass is 16.3. The van der Waals surface area contributed by atoms with Crippen molar-refractivity contribution in [3.63, 3.8) is 0 Å². The van der Waals surface area contributed by atoms with Crippen LogP contribution in [0.25, 0.3) is 17.1 Å². The maximum Gasteiger partial charge on any atom is 0.244 e. The fourth-order valence-electron chi connectivity index (χ4n) is 3.23. The van der Waals surface area contributed by atoms with E-state index in [2.05, 4.69) is 28.1 Å². The third-order valence-electron chi connectivity index (χ3n) is 4.56. The van der Waals surface area contributed by atoms with Crippen molar-refractivity contribution >= 4 is 23.0 Å². The molecule has 4 aromatic rings. The van der Waals surface area contributed by atoms with Gasteiger partial charge in [0.15, 0.2) is 0 Å². The number of aromatic nitrogens is 2. The fraction of sp³-hybridized carbons (Fsp3) is 0.130. The molecule has 0 fully saturated rings. The molecule has 0 bridgehead atoms.